The lowest BCUT2D eigenvalue weighted by Gasteiger charge is -1.93. The Hall–Kier alpha value is -0.970. The van der Waals surface area contributed by atoms with Gasteiger partial charge in [0.05, 0.1) is 13.2 Å². The van der Waals surface area contributed by atoms with E-state index in [1.807, 2.05) is 48.4 Å². The standard InChI is InChI=1S/C11H11N2.HI/c1-13-8-7-11(12-9-13)10-5-3-2-4-6-10;/h2-9H,1H3;1H/q+1;/p-1. The van der Waals surface area contributed by atoms with Crippen LogP contribution in [0.1, 0.15) is 0 Å². The average molecular weight is 298 g/mol. The smallest absolute Gasteiger partial charge is 0.286 e. The fraction of sp³-hybridized carbons (Fsp3) is 0.0909. The molecule has 2 rings (SSSR count). The molecule has 0 aliphatic heterocycles. The lowest BCUT2D eigenvalue weighted by Crippen LogP contribution is -3.00. The van der Waals surface area contributed by atoms with E-state index in [1.165, 1.54) is 0 Å². The molecule has 0 spiro atoms. The molecule has 2 nitrogen and oxygen atoms in total. The van der Waals surface area contributed by atoms with E-state index in [0.29, 0.717) is 0 Å². The van der Waals surface area contributed by atoms with E-state index in [0.717, 1.165) is 11.3 Å². The molecule has 0 saturated carbocycles. The SMILES string of the molecule is C[n+]1ccc(-c2ccccc2)nc1.[I-]. The summed E-state index contributed by atoms with van der Waals surface area (Å²) >= 11 is 0. The highest BCUT2D eigenvalue weighted by molar-refractivity contribution is 5.57. The molecule has 0 saturated heterocycles. The Balaban J connectivity index is 0.000000980. The maximum Gasteiger partial charge on any atom is 0.286 e. The monoisotopic (exact) mass is 298 g/mol. The lowest BCUT2D eigenvalue weighted by molar-refractivity contribution is -0.674. The zero-order valence-electron chi connectivity index (χ0n) is 7.89. The van der Waals surface area contributed by atoms with Gasteiger partial charge in [-0.3, -0.25) is 0 Å². The normalized spacial score (nSPS) is 9.21. The van der Waals surface area contributed by atoms with Crippen LogP contribution in [0.5, 0.6) is 0 Å². The first kappa shape index (κ1) is 11.1. The summed E-state index contributed by atoms with van der Waals surface area (Å²) in [5.41, 5.74) is 2.17. The van der Waals surface area contributed by atoms with E-state index in [1.54, 1.807) is 0 Å². The third kappa shape index (κ3) is 2.51. The van der Waals surface area contributed by atoms with Crippen LogP contribution in [-0.4, -0.2) is 4.98 Å². The fourth-order valence-electron chi connectivity index (χ4n) is 1.20. The molecule has 0 unspecified atom stereocenters. The predicted molar refractivity (Wildman–Crippen MR) is 50.8 cm³/mol. The molecule has 1 heterocycles. The Morgan fingerprint density at radius 3 is 2.36 bits per heavy atom. The minimum atomic E-state index is 0. The van der Waals surface area contributed by atoms with Crippen LogP contribution in [0.3, 0.4) is 0 Å². The van der Waals surface area contributed by atoms with E-state index in [9.17, 15) is 0 Å². The number of nitrogens with zero attached hydrogens (tertiary/aromatic N) is 2. The van der Waals surface area contributed by atoms with Gasteiger partial charge in [0.15, 0.2) is 5.69 Å². The first-order chi connectivity index (χ1) is 6.36. The summed E-state index contributed by atoms with van der Waals surface area (Å²) in [6.07, 6.45) is 3.80. The quantitative estimate of drug-likeness (QED) is 0.466. The molecule has 14 heavy (non-hydrogen) atoms. The molecule has 0 aliphatic carbocycles. The molecule has 2 aromatic rings. The van der Waals surface area contributed by atoms with Crippen molar-refractivity contribution in [3.05, 3.63) is 48.9 Å². The van der Waals surface area contributed by atoms with E-state index >= 15 is 0 Å². The molecular formula is C11H11IN2. The van der Waals surface area contributed by atoms with Gasteiger partial charge in [-0.2, -0.15) is 0 Å². The van der Waals surface area contributed by atoms with Gasteiger partial charge in [-0.15, -0.1) is 0 Å². The van der Waals surface area contributed by atoms with Gasteiger partial charge in [-0.1, -0.05) is 30.3 Å². The number of rotatable bonds is 1. The van der Waals surface area contributed by atoms with Gasteiger partial charge in [0.2, 0.25) is 0 Å². The summed E-state index contributed by atoms with van der Waals surface area (Å²) in [4.78, 5) is 4.31. The van der Waals surface area contributed by atoms with E-state index in [4.69, 9.17) is 0 Å². The third-order valence-electron chi connectivity index (χ3n) is 1.92. The van der Waals surface area contributed by atoms with Gasteiger partial charge in [0.1, 0.15) is 0 Å². The van der Waals surface area contributed by atoms with Crippen molar-refractivity contribution in [2.45, 2.75) is 0 Å². The van der Waals surface area contributed by atoms with Crippen LogP contribution in [0.4, 0.5) is 0 Å². The Morgan fingerprint density at radius 2 is 1.79 bits per heavy atom. The van der Waals surface area contributed by atoms with E-state index in [-0.39, 0.29) is 24.0 Å². The second kappa shape index (κ2) is 5.05. The van der Waals surface area contributed by atoms with Crippen LogP contribution in [0.2, 0.25) is 0 Å². The second-order valence-corrected chi connectivity index (χ2v) is 2.98. The first-order valence-electron chi connectivity index (χ1n) is 4.23. The van der Waals surface area contributed by atoms with E-state index < -0.39 is 0 Å². The van der Waals surface area contributed by atoms with Crippen LogP contribution in [0.15, 0.2) is 48.9 Å². The molecule has 1 aromatic carbocycles. The molecule has 0 aliphatic rings. The van der Waals surface area contributed by atoms with Gasteiger partial charge in [-0.05, 0) is 4.98 Å². The summed E-state index contributed by atoms with van der Waals surface area (Å²) in [6, 6.07) is 12.2. The molecule has 0 amide bonds. The van der Waals surface area contributed by atoms with Crippen LogP contribution >= 0.6 is 0 Å². The Labute approximate surface area is 101 Å². The van der Waals surface area contributed by atoms with Gasteiger partial charge in [0, 0.05) is 11.6 Å². The number of benzene rings is 1. The van der Waals surface area contributed by atoms with Crippen molar-refractivity contribution in [3.63, 3.8) is 0 Å². The minimum absolute atomic E-state index is 0. The van der Waals surface area contributed by atoms with Crippen molar-refractivity contribution in [1.82, 2.24) is 4.98 Å². The minimum Gasteiger partial charge on any atom is -1.00 e. The van der Waals surface area contributed by atoms with E-state index in [2.05, 4.69) is 17.1 Å². The number of hydrogen-bond acceptors (Lipinski definition) is 1. The number of hydrogen-bond donors (Lipinski definition) is 0. The third-order valence-corrected chi connectivity index (χ3v) is 1.92. The molecule has 0 radical (unpaired) electrons. The van der Waals surface area contributed by atoms with Crippen LogP contribution in [0.25, 0.3) is 11.3 Å². The molecular weight excluding hydrogens is 287 g/mol. The highest BCUT2D eigenvalue weighted by Crippen LogP contribution is 2.13. The number of halogens is 1. The molecule has 0 bridgehead atoms. The van der Waals surface area contributed by atoms with Crippen LogP contribution < -0.4 is 28.5 Å². The largest absolute Gasteiger partial charge is 1.00 e. The second-order valence-electron chi connectivity index (χ2n) is 2.98. The lowest BCUT2D eigenvalue weighted by atomic mass is 10.1. The molecule has 1 aromatic heterocycles. The zero-order chi connectivity index (χ0) is 9.10. The molecule has 3 heteroatoms. The van der Waals surface area contributed by atoms with Crippen molar-refractivity contribution in [3.8, 4) is 11.3 Å². The summed E-state index contributed by atoms with van der Waals surface area (Å²) in [5.74, 6) is 0. The van der Waals surface area contributed by atoms with Gasteiger partial charge >= 0.3 is 0 Å². The van der Waals surface area contributed by atoms with Crippen molar-refractivity contribution < 1.29 is 28.5 Å². The molecule has 72 valence electrons. The van der Waals surface area contributed by atoms with Crippen molar-refractivity contribution in [1.29, 1.82) is 0 Å². The van der Waals surface area contributed by atoms with Gasteiger partial charge in [-0.25, -0.2) is 4.57 Å². The number of aromatic nitrogens is 2. The fourth-order valence-corrected chi connectivity index (χ4v) is 1.20. The summed E-state index contributed by atoms with van der Waals surface area (Å²) < 4.78 is 1.92. The Bertz CT molecular complexity index is 384. The summed E-state index contributed by atoms with van der Waals surface area (Å²) in [5, 5.41) is 0. The van der Waals surface area contributed by atoms with Crippen molar-refractivity contribution in [2.24, 2.45) is 7.05 Å². The summed E-state index contributed by atoms with van der Waals surface area (Å²) in [7, 11) is 1.96. The summed E-state index contributed by atoms with van der Waals surface area (Å²) in [6.45, 7) is 0. The highest BCUT2D eigenvalue weighted by Gasteiger charge is 2.02. The molecule has 0 atom stereocenters. The first-order valence-corrected chi connectivity index (χ1v) is 4.23. The topological polar surface area (TPSA) is 16.8 Å². The zero-order valence-corrected chi connectivity index (χ0v) is 10.0. The van der Waals surface area contributed by atoms with Crippen LogP contribution in [-0.2, 0) is 7.05 Å². The molecule has 0 fully saturated rings. The Morgan fingerprint density at radius 1 is 1.07 bits per heavy atom. The van der Waals surface area contributed by atoms with Gasteiger partial charge in [0.25, 0.3) is 6.33 Å². The molecule has 0 N–H and O–H groups in total. The predicted octanol–water partition coefficient (Wildman–Crippen LogP) is -1.42. The van der Waals surface area contributed by atoms with Crippen LogP contribution in [0, 0.1) is 0 Å². The Kier molecular flexibility index (Phi) is 4.00. The average Bonchev–Trinajstić information content (AvgIpc) is 2.20. The maximum atomic E-state index is 4.31. The number of aryl methyl sites for hydroxylation is 1. The van der Waals surface area contributed by atoms with Crippen molar-refractivity contribution >= 4 is 0 Å². The van der Waals surface area contributed by atoms with Crippen molar-refractivity contribution in [2.75, 3.05) is 0 Å². The van der Waals surface area contributed by atoms with Gasteiger partial charge < -0.3 is 24.0 Å². The maximum absolute atomic E-state index is 4.31. The highest BCUT2D eigenvalue weighted by atomic mass is 127.